The Bertz CT molecular complexity index is 404. The maximum Gasteiger partial charge on any atom is 0.303 e. The first-order chi connectivity index (χ1) is 9.17. The lowest BCUT2D eigenvalue weighted by molar-refractivity contribution is -0.137. The van der Waals surface area contributed by atoms with Crippen LogP contribution in [0.3, 0.4) is 0 Å². The molecule has 0 aliphatic carbocycles. The van der Waals surface area contributed by atoms with E-state index >= 15 is 0 Å². The lowest BCUT2D eigenvalue weighted by Gasteiger charge is -2.10. The topological polar surface area (TPSA) is 58.6 Å². The molecule has 4 heteroatoms. The van der Waals surface area contributed by atoms with E-state index in [4.69, 9.17) is 9.84 Å². The summed E-state index contributed by atoms with van der Waals surface area (Å²) in [6.45, 7) is 3.71. The molecule has 1 rings (SSSR count). The van der Waals surface area contributed by atoms with E-state index in [-0.39, 0.29) is 6.42 Å². The van der Waals surface area contributed by atoms with E-state index in [2.05, 4.69) is 24.4 Å². The van der Waals surface area contributed by atoms with Crippen molar-refractivity contribution < 1.29 is 14.6 Å². The summed E-state index contributed by atoms with van der Waals surface area (Å²) in [6.07, 6.45) is 2.80. The molecule has 2 N–H and O–H groups in total. The Labute approximate surface area is 114 Å². The molecule has 106 valence electrons. The molecule has 4 nitrogen and oxygen atoms in total. The van der Waals surface area contributed by atoms with E-state index in [0.29, 0.717) is 6.42 Å². The van der Waals surface area contributed by atoms with Crippen LogP contribution in [0.2, 0.25) is 0 Å². The fraction of sp³-hybridized carbons (Fsp3) is 0.533. The molecular formula is C15H23NO3. The van der Waals surface area contributed by atoms with E-state index in [0.717, 1.165) is 31.7 Å². The van der Waals surface area contributed by atoms with Crippen molar-refractivity contribution in [3.05, 3.63) is 29.3 Å². The molecule has 1 aromatic rings. The van der Waals surface area contributed by atoms with Gasteiger partial charge in [-0.2, -0.15) is 0 Å². The molecule has 0 saturated carbocycles. The van der Waals surface area contributed by atoms with Crippen molar-refractivity contribution in [2.45, 2.75) is 32.6 Å². The van der Waals surface area contributed by atoms with Gasteiger partial charge in [-0.05, 0) is 49.5 Å². The van der Waals surface area contributed by atoms with Crippen molar-refractivity contribution in [3.63, 3.8) is 0 Å². The number of ether oxygens (including phenoxy) is 1. The number of hydrogen-bond donors (Lipinski definition) is 2. The minimum Gasteiger partial charge on any atom is -0.496 e. The van der Waals surface area contributed by atoms with Crippen molar-refractivity contribution in [1.29, 1.82) is 0 Å². The molecule has 0 unspecified atom stereocenters. The van der Waals surface area contributed by atoms with Crippen LogP contribution < -0.4 is 10.1 Å². The quantitative estimate of drug-likeness (QED) is 0.672. The highest BCUT2D eigenvalue weighted by Gasteiger charge is 2.04. The standard InChI is InChI=1S/C15H23NO3/c1-3-12-6-7-14(19-2)13(11-12)8-10-16-9-4-5-15(17)18/h6-7,11,16H,3-5,8-10H2,1-2H3,(H,17,18). The molecule has 19 heavy (non-hydrogen) atoms. The molecule has 1 aromatic carbocycles. The van der Waals surface area contributed by atoms with E-state index < -0.39 is 5.97 Å². The molecule has 0 saturated heterocycles. The van der Waals surface area contributed by atoms with Crippen molar-refractivity contribution >= 4 is 5.97 Å². The third-order valence-electron chi connectivity index (χ3n) is 3.07. The van der Waals surface area contributed by atoms with Gasteiger partial charge in [0.1, 0.15) is 5.75 Å². The van der Waals surface area contributed by atoms with Crippen LogP contribution in [-0.4, -0.2) is 31.3 Å². The van der Waals surface area contributed by atoms with Crippen LogP contribution >= 0.6 is 0 Å². The van der Waals surface area contributed by atoms with Gasteiger partial charge in [0.2, 0.25) is 0 Å². The number of methoxy groups -OCH3 is 1. The zero-order valence-corrected chi connectivity index (χ0v) is 11.7. The lowest BCUT2D eigenvalue weighted by atomic mass is 10.1. The molecule has 0 spiro atoms. The zero-order chi connectivity index (χ0) is 14.1. The van der Waals surface area contributed by atoms with Crippen LogP contribution in [0.15, 0.2) is 18.2 Å². The molecule has 0 aliphatic rings. The van der Waals surface area contributed by atoms with Crippen LogP contribution in [0.4, 0.5) is 0 Å². The molecule has 0 aliphatic heterocycles. The number of aryl methyl sites for hydroxylation is 1. The van der Waals surface area contributed by atoms with E-state index in [1.54, 1.807) is 7.11 Å². The first-order valence-electron chi connectivity index (χ1n) is 6.75. The maximum atomic E-state index is 10.4. The monoisotopic (exact) mass is 265 g/mol. The summed E-state index contributed by atoms with van der Waals surface area (Å²) >= 11 is 0. The average Bonchev–Trinajstić information content (AvgIpc) is 2.42. The van der Waals surface area contributed by atoms with E-state index in [1.165, 1.54) is 11.1 Å². The molecule has 0 fully saturated rings. The third kappa shape index (κ3) is 5.75. The highest BCUT2D eigenvalue weighted by atomic mass is 16.5. The number of carbonyl (C=O) groups is 1. The summed E-state index contributed by atoms with van der Waals surface area (Å²) < 4.78 is 5.35. The van der Waals surface area contributed by atoms with Crippen LogP contribution in [0.1, 0.15) is 30.9 Å². The Morgan fingerprint density at radius 2 is 2.16 bits per heavy atom. The third-order valence-corrected chi connectivity index (χ3v) is 3.07. The number of benzene rings is 1. The number of nitrogens with one attached hydrogen (secondary N) is 1. The summed E-state index contributed by atoms with van der Waals surface area (Å²) in [7, 11) is 1.69. The van der Waals surface area contributed by atoms with Gasteiger partial charge < -0.3 is 15.2 Å². The van der Waals surface area contributed by atoms with Crippen LogP contribution in [0.5, 0.6) is 5.75 Å². The van der Waals surface area contributed by atoms with Crippen LogP contribution in [-0.2, 0) is 17.6 Å². The maximum absolute atomic E-state index is 10.4. The van der Waals surface area contributed by atoms with Gasteiger partial charge in [0.25, 0.3) is 0 Å². The summed E-state index contributed by atoms with van der Waals surface area (Å²) in [5, 5.41) is 11.8. The summed E-state index contributed by atoms with van der Waals surface area (Å²) in [4.78, 5) is 10.4. The first-order valence-corrected chi connectivity index (χ1v) is 6.75. The first kappa shape index (κ1) is 15.5. The number of aliphatic carboxylic acids is 1. The molecule has 0 amide bonds. The van der Waals surface area contributed by atoms with Gasteiger partial charge in [-0.15, -0.1) is 0 Å². The highest BCUT2D eigenvalue weighted by Crippen LogP contribution is 2.20. The van der Waals surface area contributed by atoms with Gasteiger partial charge in [0, 0.05) is 6.42 Å². The van der Waals surface area contributed by atoms with Crippen molar-refractivity contribution in [2.75, 3.05) is 20.2 Å². The highest BCUT2D eigenvalue weighted by molar-refractivity contribution is 5.66. The van der Waals surface area contributed by atoms with Crippen molar-refractivity contribution in [3.8, 4) is 5.75 Å². The Hall–Kier alpha value is -1.55. The Morgan fingerprint density at radius 3 is 2.79 bits per heavy atom. The predicted octanol–water partition coefficient (Wildman–Crippen LogP) is 2.25. The van der Waals surface area contributed by atoms with Gasteiger partial charge in [0.05, 0.1) is 7.11 Å². The fourth-order valence-corrected chi connectivity index (χ4v) is 1.96. The lowest BCUT2D eigenvalue weighted by Crippen LogP contribution is -2.19. The van der Waals surface area contributed by atoms with Crippen molar-refractivity contribution in [1.82, 2.24) is 5.32 Å². The normalized spacial score (nSPS) is 10.4. The van der Waals surface area contributed by atoms with Crippen LogP contribution in [0.25, 0.3) is 0 Å². The Kier molecular flexibility index (Phi) is 6.97. The van der Waals surface area contributed by atoms with Gasteiger partial charge in [-0.25, -0.2) is 0 Å². The number of carboxylic acids is 1. The Morgan fingerprint density at radius 1 is 1.37 bits per heavy atom. The SMILES string of the molecule is CCc1ccc(OC)c(CCNCCCC(=O)O)c1. The molecule has 0 atom stereocenters. The molecular weight excluding hydrogens is 242 g/mol. The van der Waals surface area contributed by atoms with E-state index in [9.17, 15) is 4.79 Å². The molecule has 0 bridgehead atoms. The average molecular weight is 265 g/mol. The Balaban J connectivity index is 2.37. The second-order valence-electron chi connectivity index (χ2n) is 4.50. The smallest absolute Gasteiger partial charge is 0.303 e. The summed E-state index contributed by atoms with van der Waals surface area (Å²) in [5.74, 6) is 0.184. The second-order valence-corrected chi connectivity index (χ2v) is 4.50. The molecule has 0 radical (unpaired) electrons. The number of hydrogen-bond acceptors (Lipinski definition) is 3. The number of rotatable bonds is 9. The minimum absolute atomic E-state index is 0.224. The molecule has 0 aromatic heterocycles. The molecule has 0 heterocycles. The van der Waals surface area contributed by atoms with Gasteiger partial charge in [-0.1, -0.05) is 19.1 Å². The minimum atomic E-state index is -0.737. The number of carboxylic acid groups (broad SMARTS) is 1. The van der Waals surface area contributed by atoms with Crippen molar-refractivity contribution in [2.24, 2.45) is 0 Å². The van der Waals surface area contributed by atoms with E-state index in [1.807, 2.05) is 6.07 Å². The second kappa shape index (κ2) is 8.53. The van der Waals surface area contributed by atoms with Gasteiger partial charge in [0.15, 0.2) is 0 Å². The largest absolute Gasteiger partial charge is 0.496 e. The fourth-order valence-electron chi connectivity index (χ4n) is 1.96. The van der Waals surface area contributed by atoms with Crippen LogP contribution in [0, 0.1) is 0 Å². The zero-order valence-electron chi connectivity index (χ0n) is 11.7. The summed E-state index contributed by atoms with van der Waals surface area (Å²) in [6, 6.07) is 6.28. The van der Waals surface area contributed by atoms with Gasteiger partial charge >= 0.3 is 5.97 Å². The van der Waals surface area contributed by atoms with Gasteiger partial charge in [-0.3, -0.25) is 4.79 Å². The summed E-state index contributed by atoms with van der Waals surface area (Å²) in [5.41, 5.74) is 2.51. The predicted molar refractivity (Wildman–Crippen MR) is 75.8 cm³/mol.